The Morgan fingerprint density at radius 3 is 1.60 bits per heavy atom. The second kappa shape index (κ2) is 13.2. The summed E-state index contributed by atoms with van der Waals surface area (Å²) in [6, 6.07) is 25.2. The minimum Gasteiger partial charge on any atom is -0.452 e. The number of ether oxygens (including phenoxy) is 5. The molecule has 42 heavy (non-hydrogen) atoms. The van der Waals surface area contributed by atoms with Crippen LogP contribution in [0.5, 0.6) is 0 Å². The number of nitrogens with zero attached hydrogens (tertiary/aromatic N) is 2. The number of aryl methyl sites for hydroxylation is 1. The number of carbonyl (C=O) groups is 3. The number of methoxy groups -OCH3 is 1. The van der Waals surface area contributed by atoms with Gasteiger partial charge < -0.3 is 23.7 Å². The van der Waals surface area contributed by atoms with Crippen LogP contribution in [0.3, 0.4) is 0 Å². The van der Waals surface area contributed by atoms with Gasteiger partial charge >= 0.3 is 17.9 Å². The fourth-order valence-electron chi connectivity index (χ4n) is 4.73. The first-order valence-electron chi connectivity index (χ1n) is 13.4. The Kier molecular flexibility index (Phi) is 9.05. The van der Waals surface area contributed by atoms with Crippen molar-refractivity contribution in [1.29, 1.82) is 0 Å². The molecule has 5 atom stereocenters. The Labute approximate surface area is 243 Å². The fraction of sp³-hybridized carbons (Fsp3) is 0.250. The number of aromatic nitrogens is 2. The summed E-state index contributed by atoms with van der Waals surface area (Å²) in [6.45, 7) is 0.214. The number of esters is 3. The van der Waals surface area contributed by atoms with Gasteiger partial charge in [0, 0.05) is 7.11 Å². The van der Waals surface area contributed by atoms with E-state index in [-0.39, 0.29) is 17.7 Å². The summed E-state index contributed by atoms with van der Waals surface area (Å²) in [5.41, 5.74) is 0.844. The van der Waals surface area contributed by atoms with Crippen molar-refractivity contribution in [2.24, 2.45) is 7.05 Å². The quantitative estimate of drug-likeness (QED) is 0.171. The summed E-state index contributed by atoms with van der Waals surface area (Å²) in [7, 11) is 3.26. The zero-order chi connectivity index (χ0) is 29.5. The standard InChI is InChI=1S/C32H31N2O8/c1-33-18-19-34(21-33)20-25-26(40-29(35)22-12-6-3-7-13-22)27(41-30(36)23-14-8-4-9-15-23)28(32(38-2)39-25)42-31(37)24-16-10-5-11-17-24/h3-19,21,25-28,32H,20H2,1-2H3/q+1/t25-,26-,27+,28-,32+/m1/s1. The molecule has 2 heterocycles. The maximum atomic E-state index is 13.4. The number of hydrogen-bond donors (Lipinski definition) is 0. The van der Waals surface area contributed by atoms with Crippen LogP contribution in [0.1, 0.15) is 31.1 Å². The summed E-state index contributed by atoms with van der Waals surface area (Å²) in [6.07, 6.45) is -0.243. The highest BCUT2D eigenvalue weighted by Gasteiger charge is 2.53. The van der Waals surface area contributed by atoms with Gasteiger partial charge in [0.15, 0.2) is 24.6 Å². The molecule has 1 aliphatic heterocycles. The molecule has 1 aromatic heterocycles. The number of carbonyl (C=O) groups excluding carboxylic acids is 3. The van der Waals surface area contributed by atoms with Gasteiger partial charge in [-0.1, -0.05) is 54.6 Å². The maximum Gasteiger partial charge on any atom is 0.338 e. The van der Waals surface area contributed by atoms with Crippen molar-refractivity contribution in [3.05, 3.63) is 126 Å². The Morgan fingerprint density at radius 1 is 0.714 bits per heavy atom. The molecule has 0 unspecified atom stereocenters. The molecule has 3 aromatic carbocycles. The minimum absolute atomic E-state index is 0.214. The van der Waals surface area contributed by atoms with Crippen LogP contribution >= 0.6 is 0 Å². The van der Waals surface area contributed by atoms with E-state index in [1.807, 2.05) is 34.9 Å². The average molecular weight is 572 g/mol. The van der Waals surface area contributed by atoms with Crippen molar-refractivity contribution in [3.8, 4) is 0 Å². The van der Waals surface area contributed by atoms with E-state index in [4.69, 9.17) is 23.7 Å². The van der Waals surface area contributed by atoms with Gasteiger partial charge in [0.05, 0.1) is 23.7 Å². The lowest BCUT2D eigenvalue weighted by Crippen LogP contribution is -2.62. The lowest BCUT2D eigenvalue weighted by Gasteiger charge is -2.43. The first-order chi connectivity index (χ1) is 20.4. The molecule has 10 nitrogen and oxygen atoms in total. The Hall–Kier alpha value is -4.80. The number of benzene rings is 3. The molecular formula is C32H31N2O8+. The van der Waals surface area contributed by atoms with Crippen molar-refractivity contribution in [1.82, 2.24) is 4.57 Å². The van der Waals surface area contributed by atoms with E-state index >= 15 is 0 Å². The SMILES string of the molecule is CO[C@H]1O[C@H](Cn2cc[n+](C)c2)[C@@H](OC(=O)c2ccccc2)[C@H](OC(=O)c2ccccc2)[C@H]1OC(=O)c1ccccc1. The van der Waals surface area contributed by atoms with Crippen LogP contribution < -0.4 is 4.57 Å². The molecule has 1 saturated heterocycles. The van der Waals surface area contributed by atoms with E-state index in [0.29, 0.717) is 5.56 Å². The van der Waals surface area contributed by atoms with Gasteiger partial charge in [0.1, 0.15) is 25.0 Å². The highest BCUT2D eigenvalue weighted by Crippen LogP contribution is 2.31. The van der Waals surface area contributed by atoms with E-state index in [0.717, 1.165) is 0 Å². The first kappa shape index (κ1) is 28.7. The molecule has 0 bridgehead atoms. The molecule has 4 aromatic rings. The fourth-order valence-corrected chi connectivity index (χ4v) is 4.73. The average Bonchev–Trinajstić information content (AvgIpc) is 3.44. The van der Waals surface area contributed by atoms with Gasteiger partial charge in [-0.05, 0) is 36.4 Å². The first-order valence-corrected chi connectivity index (χ1v) is 13.4. The topological polar surface area (TPSA) is 106 Å². The van der Waals surface area contributed by atoms with Gasteiger partial charge in [-0.2, -0.15) is 0 Å². The Morgan fingerprint density at radius 2 is 1.17 bits per heavy atom. The van der Waals surface area contributed by atoms with Gasteiger partial charge in [-0.3, -0.25) is 0 Å². The number of hydrogen-bond acceptors (Lipinski definition) is 8. The van der Waals surface area contributed by atoms with Crippen LogP contribution in [0.2, 0.25) is 0 Å². The van der Waals surface area contributed by atoms with E-state index in [9.17, 15) is 14.4 Å². The zero-order valence-corrected chi connectivity index (χ0v) is 23.1. The molecule has 1 aliphatic rings. The van der Waals surface area contributed by atoms with Gasteiger partial charge in [-0.25, -0.2) is 23.5 Å². The van der Waals surface area contributed by atoms with Gasteiger partial charge in [0.2, 0.25) is 6.33 Å². The highest BCUT2D eigenvalue weighted by atomic mass is 16.7. The summed E-state index contributed by atoms with van der Waals surface area (Å²) in [4.78, 5) is 39.9. The summed E-state index contributed by atoms with van der Waals surface area (Å²) in [5, 5.41) is 0. The number of rotatable bonds is 9. The summed E-state index contributed by atoms with van der Waals surface area (Å²) >= 11 is 0. The van der Waals surface area contributed by atoms with Crippen molar-refractivity contribution < 1.29 is 42.6 Å². The van der Waals surface area contributed by atoms with E-state index < -0.39 is 48.6 Å². The molecule has 1 fully saturated rings. The Bertz CT molecular complexity index is 1490. The largest absolute Gasteiger partial charge is 0.452 e. The second-order valence-electron chi connectivity index (χ2n) is 9.76. The smallest absolute Gasteiger partial charge is 0.338 e. The Balaban J connectivity index is 1.53. The molecule has 0 saturated carbocycles. The van der Waals surface area contributed by atoms with Gasteiger partial charge in [0.25, 0.3) is 0 Å². The second-order valence-corrected chi connectivity index (χ2v) is 9.76. The van der Waals surface area contributed by atoms with E-state index in [1.165, 1.54) is 7.11 Å². The third-order valence-electron chi connectivity index (χ3n) is 6.80. The van der Waals surface area contributed by atoms with Crippen LogP contribution in [0.15, 0.2) is 110 Å². The van der Waals surface area contributed by atoms with Crippen LogP contribution in [-0.2, 0) is 37.3 Å². The molecule has 0 amide bonds. The van der Waals surface area contributed by atoms with Crippen LogP contribution in [-0.4, -0.2) is 60.3 Å². The highest BCUT2D eigenvalue weighted by molar-refractivity contribution is 5.91. The minimum atomic E-state index is -1.29. The number of imidazole rings is 1. The third kappa shape index (κ3) is 6.73. The van der Waals surface area contributed by atoms with Crippen molar-refractivity contribution in [2.45, 2.75) is 37.3 Å². The molecule has 0 aliphatic carbocycles. The molecule has 216 valence electrons. The van der Waals surface area contributed by atoms with Crippen molar-refractivity contribution in [2.75, 3.05) is 7.11 Å². The summed E-state index contributed by atoms with van der Waals surface area (Å²) in [5.74, 6) is -2.03. The molecule has 0 radical (unpaired) electrons. The predicted octanol–water partition coefficient (Wildman–Crippen LogP) is 3.36. The lowest BCUT2D eigenvalue weighted by molar-refractivity contribution is -0.671. The van der Waals surface area contributed by atoms with Crippen LogP contribution in [0.25, 0.3) is 0 Å². The van der Waals surface area contributed by atoms with Crippen LogP contribution in [0, 0.1) is 0 Å². The molecular weight excluding hydrogens is 540 g/mol. The monoisotopic (exact) mass is 571 g/mol. The molecule has 0 spiro atoms. The van der Waals surface area contributed by atoms with Crippen molar-refractivity contribution >= 4 is 17.9 Å². The van der Waals surface area contributed by atoms with Gasteiger partial charge in [-0.15, -0.1) is 0 Å². The van der Waals surface area contributed by atoms with Crippen molar-refractivity contribution in [3.63, 3.8) is 0 Å². The molecule has 10 heteroatoms. The normalized spacial score (nSPS) is 21.7. The lowest BCUT2D eigenvalue weighted by atomic mass is 9.97. The van der Waals surface area contributed by atoms with E-state index in [2.05, 4.69) is 0 Å². The molecule has 5 rings (SSSR count). The zero-order valence-electron chi connectivity index (χ0n) is 23.1. The molecule has 0 N–H and O–H groups in total. The van der Waals surface area contributed by atoms with E-state index in [1.54, 1.807) is 91.0 Å². The van der Waals surface area contributed by atoms with Crippen LogP contribution in [0.4, 0.5) is 0 Å². The maximum absolute atomic E-state index is 13.4. The third-order valence-corrected chi connectivity index (χ3v) is 6.80. The summed E-state index contributed by atoms with van der Waals surface area (Å²) < 4.78 is 33.5. The predicted molar refractivity (Wildman–Crippen MR) is 148 cm³/mol.